The highest BCUT2D eigenvalue weighted by Crippen LogP contribution is 2.33. The minimum Gasteiger partial charge on any atom is -0.363 e. The molecule has 0 aromatic carbocycles. The third-order valence-corrected chi connectivity index (χ3v) is 2.71. The van der Waals surface area contributed by atoms with Crippen molar-refractivity contribution in [3.63, 3.8) is 0 Å². The van der Waals surface area contributed by atoms with Crippen molar-refractivity contribution in [2.24, 2.45) is 0 Å². The van der Waals surface area contributed by atoms with Crippen LogP contribution in [0.15, 0.2) is 30.6 Å². The van der Waals surface area contributed by atoms with Crippen LogP contribution in [0.5, 0.6) is 0 Å². The summed E-state index contributed by atoms with van der Waals surface area (Å²) >= 11 is 0. The van der Waals surface area contributed by atoms with E-state index < -0.39 is 0 Å². The zero-order chi connectivity index (χ0) is 9.97. The summed E-state index contributed by atoms with van der Waals surface area (Å²) in [7, 11) is 0. The molecular weight excluding hydrogens is 174 g/mol. The van der Waals surface area contributed by atoms with Crippen molar-refractivity contribution >= 4 is 0 Å². The fraction of sp³-hybridized carbons (Fsp3) is 0.364. The molecule has 1 unspecified atom stereocenters. The summed E-state index contributed by atoms with van der Waals surface area (Å²) in [5, 5.41) is 8.81. The summed E-state index contributed by atoms with van der Waals surface area (Å²) in [6.45, 7) is 4.71. The minimum atomic E-state index is 0.317. The van der Waals surface area contributed by atoms with Gasteiger partial charge in [0, 0.05) is 18.4 Å². The first kappa shape index (κ1) is 8.89. The monoisotopic (exact) mass is 187 g/mol. The maximum absolute atomic E-state index is 8.81. The second kappa shape index (κ2) is 3.59. The van der Waals surface area contributed by atoms with Crippen molar-refractivity contribution in [3.05, 3.63) is 36.3 Å². The molecule has 0 radical (unpaired) electrons. The van der Waals surface area contributed by atoms with Crippen molar-refractivity contribution in [3.8, 4) is 6.07 Å². The van der Waals surface area contributed by atoms with Gasteiger partial charge in [-0.25, -0.2) is 0 Å². The van der Waals surface area contributed by atoms with E-state index in [1.54, 1.807) is 0 Å². The van der Waals surface area contributed by atoms with E-state index in [2.05, 4.69) is 28.6 Å². The topological polar surface area (TPSA) is 42.8 Å². The number of aromatic nitrogens is 1. The van der Waals surface area contributed by atoms with Gasteiger partial charge in [0.2, 0.25) is 0 Å². The lowest BCUT2D eigenvalue weighted by Crippen LogP contribution is -2.21. The summed E-state index contributed by atoms with van der Waals surface area (Å²) in [5.74, 6) is 0. The molecule has 2 rings (SSSR count). The van der Waals surface area contributed by atoms with E-state index in [0.29, 0.717) is 11.7 Å². The Morgan fingerprint density at radius 3 is 3.21 bits per heavy atom. The summed E-state index contributed by atoms with van der Waals surface area (Å²) in [4.78, 5) is 5.27. The van der Waals surface area contributed by atoms with Crippen LogP contribution >= 0.6 is 0 Å². The molecule has 1 fully saturated rings. The first-order valence-corrected chi connectivity index (χ1v) is 4.82. The normalized spacial score (nSPS) is 20.8. The number of nitrogens with one attached hydrogen (secondary N) is 1. The number of rotatable bonds is 2. The lowest BCUT2D eigenvalue weighted by molar-refractivity contribution is 0.335. The Kier molecular flexibility index (Phi) is 2.28. The predicted octanol–water partition coefficient (Wildman–Crippen LogP) is 2.19. The number of H-pyrrole nitrogens is 1. The molecule has 1 aromatic rings. The fourth-order valence-electron chi connectivity index (χ4n) is 2.03. The Morgan fingerprint density at radius 2 is 2.57 bits per heavy atom. The second-order valence-electron chi connectivity index (χ2n) is 3.54. The van der Waals surface area contributed by atoms with Crippen LogP contribution < -0.4 is 0 Å². The molecule has 0 bridgehead atoms. The minimum absolute atomic E-state index is 0.317. The number of hydrogen-bond acceptors (Lipinski definition) is 2. The number of allylic oxidation sites excluding steroid dienone is 1. The number of hydrogen-bond donors (Lipinski definition) is 1. The van der Waals surface area contributed by atoms with Gasteiger partial charge in [0.05, 0.1) is 6.04 Å². The molecule has 2 heterocycles. The Bertz CT molecular complexity index is 358. The van der Waals surface area contributed by atoms with E-state index in [0.717, 1.165) is 19.4 Å². The molecule has 0 spiro atoms. The van der Waals surface area contributed by atoms with E-state index in [9.17, 15) is 0 Å². The van der Waals surface area contributed by atoms with Crippen LogP contribution in [0, 0.1) is 11.3 Å². The van der Waals surface area contributed by atoms with Gasteiger partial charge in [-0.05, 0) is 25.0 Å². The zero-order valence-corrected chi connectivity index (χ0v) is 8.03. The van der Waals surface area contributed by atoms with Gasteiger partial charge in [-0.15, -0.1) is 0 Å². The molecule has 1 aliphatic rings. The van der Waals surface area contributed by atoms with E-state index in [-0.39, 0.29) is 0 Å². The number of likely N-dealkylation sites (tertiary alicyclic amines) is 1. The standard InChI is InChI=1S/C11H13N3/c1-9(8-12)14-7-3-5-11(14)10-4-2-6-13-10/h2,4,6,11,13H,1,3,5,7H2. The van der Waals surface area contributed by atoms with E-state index in [1.807, 2.05) is 12.3 Å². The van der Waals surface area contributed by atoms with Crippen LogP contribution in [-0.2, 0) is 0 Å². The average molecular weight is 187 g/mol. The SMILES string of the molecule is C=C(C#N)N1CCCC1c1ccc[nH]1. The highest BCUT2D eigenvalue weighted by Gasteiger charge is 2.27. The van der Waals surface area contributed by atoms with Gasteiger partial charge in [0.15, 0.2) is 0 Å². The van der Waals surface area contributed by atoms with Gasteiger partial charge in [0.25, 0.3) is 0 Å². The largest absolute Gasteiger partial charge is 0.363 e. The van der Waals surface area contributed by atoms with Crippen molar-refractivity contribution in [1.29, 1.82) is 5.26 Å². The highest BCUT2D eigenvalue weighted by atomic mass is 15.2. The van der Waals surface area contributed by atoms with Gasteiger partial charge in [0.1, 0.15) is 11.8 Å². The maximum Gasteiger partial charge on any atom is 0.117 e. The van der Waals surface area contributed by atoms with Crippen LogP contribution in [0.2, 0.25) is 0 Å². The van der Waals surface area contributed by atoms with Crippen LogP contribution in [0.25, 0.3) is 0 Å². The van der Waals surface area contributed by atoms with Crippen molar-refractivity contribution in [1.82, 2.24) is 9.88 Å². The van der Waals surface area contributed by atoms with Crippen molar-refractivity contribution in [2.45, 2.75) is 18.9 Å². The molecule has 0 saturated carbocycles. The van der Waals surface area contributed by atoms with E-state index >= 15 is 0 Å². The highest BCUT2D eigenvalue weighted by molar-refractivity contribution is 5.21. The molecule has 1 aromatic heterocycles. The Hall–Kier alpha value is -1.69. The van der Waals surface area contributed by atoms with Crippen LogP contribution in [0.4, 0.5) is 0 Å². The molecule has 0 aliphatic carbocycles. The molecule has 72 valence electrons. The molecule has 1 atom stereocenters. The van der Waals surface area contributed by atoms with Gasteiger partial charge in [-0.3, -0.25) is 0 Å². The predicted molar refractivity (Wildman–Crippen MR) is 54.2 cm³/mol. The Morgan fingerprint density at radius 1 is 1.71 bits per heavy atom. The molecule has 0 amide bonds. The zero-order valence-electron chi connectivity index (χ0n) is 8.03. The van der Waals surface area contributed by atoms with Crippen molar-refractivity contribution in [2.75, 3.05) is 6.54 Å². The van der Waals surface area contributed by atoms with Gasteiger partial charge in [-0.1, -0.05) is 6.58 Å². The molecule has 1 N–H and O–H groups in total. The lowest BCUT2D eigenvalue weighted by Gasteiger charge is -2.24. The first-order valence-electron chi connectivity index (χ1n) is 4.82. The van der Waals surface area contributed by atoms with Crippen LogP contribution in [0.3, 0.4) is 0 Å². The molecule has 1 aliphatic heterocycles. The molecular formula is C11H13N3. The quantitative estimate of drug-likeness (QED) is 0.721. The van der Waals surface area contributed by atoms with E-state index in [1.165, 1.54) is 5.69 Å². The van der Waals surface area contributed by atoms with E-state index in [4.69, 9.17) is 5.26 Å². The first-order chi connectivity index (χ1) is 6.83. The summed E-state index contributed by atoms with van der Waals surface area (Å²) in [5.41, 5.74) is 1.75. The Balaban J connectivity index is 2.20. The van der Waals surface area contributed by atoms with Crippen LogP contribution in [0.1, 0.15) is 24.6 Å². The molecule has 3 nitrogen and oxygen atoms in total. The number of aromatic amines is 1. The summed E-state index contributed by atoms with van der Waals surface area (Å²) in [6, 6.07) is 6.48. The van der Waals surface area contributed by atoms with Gasteiger partial charge in [-0.2, -0.15) is 5.26 Å². The van der Waals surface area contributed by atoms with Crippen LogP contribution in [-0.4, -0.2) is 16.4 Å². The third kappa shape index (κ3) is 1.39. The smallest absolute Gasteiger partial charge is 0.117 e. The Labute approximate surface area is 83.7 Å². The number of nitrogens with zero attached hydrogens (tertiary/aromatic N) is 2. The number of nitriles is 1. The summed E-state index contributed by atoms with van der Waals surface area (Å²) < 4.78 is 0. The molecule has 3 heteroatoms. The molecule has 14 heavy (non-hydrogen) atoms. The maximum atomic E-state index is 8.81. The molecule has 1 saturated heterocycles. The van der Waals surface area contributed by atoms with Gasteiger partial charge >= 0.3 is 0 Å². The average Bonchev–Trinajstić information content (AvgIpc) is 2.85. The second-order valence-corrected chi connectivity index (χ2v) is 3.54. The summed E-state index contributed by atoms with van der Waals surface area (Å²) in [6.07, 6.45) is 4.15. The lowest BCUT2D eigenvalue weighted by atomic mass is 10.1. The van der Waals surface area contributed by atoms with Crippen molar-refractivity contribution < 1.29 is 0 Å². The third-order valence-electron chi connectivity index (χ3n) is 2.71. The van der Waals surface area contributed by atoms with Gasteiger partial charge < -0.3 is 9.88 Å². The fourth-order valence-corrected chi connectivity index (χ4v) is 2.03.